The third-order valence-electron chi connectivity index (χ3n) is 5.31. The smallest absolute Gasteiger partial charge is 0.255 e. The lowest BCUT2D eigenvalue weighted by atomic mass is 9.98. The highest BCUT2D eigenvalue weighted by molar-refractivity contribution is 6.04. The molecule has 152 valence electrons. The van der Waals surface area contributed by atoms with Gasteiger partial charge in [-0.05, 0) is 72.5 Å². The minimum absolute atomic E-state index is 0.189. The highest BCUT2D eigenvalue weighted by Gasteiger charge is 2.12. The minimum Gasteiger partial charge on any atom is -0.497 e. The molecule has 0 fully saturated rings. The van der Waals surface area contributed by atoms with Gasteiger partial charge in [0.15, 0.2) is 5.58 Å². The molecule has 0 aliphatic carbocycles. The molecule has 0 spiro atoms. The molecule has 4 rings (SSSR count). The van der Waals surface area contributed by atoms with Crippen molar-refractivity contribution in [2.45, 2.75) is 26.2 Å². The van der Waals surface area contributed by atoms with E-state index in [1.165, 1.54) is 5.56 Å². The SMILES string of the molecule is CC[C@@H](C)c1ccc2oc(-c3cccc(NC(=O)c4ccc(OC)cc4)c3)nc2c1. The molecule has 5 heteroatoms. The summed E-state index contributed by atoms with van der Waals surface area (Å²) in [6.07, 6.45) is 1.08. The number of carbonyl (C=O) groups is 1. The Morgan fingerprint density at radius 1 is 1.10 bits per heavy atom. The van der Waals surface area contributed by atoms with E-state index in [9.17, 15) is 4.79 Å². The summed E-state index contributed by atoms with van der Waals surface area (Å²) in [5.41, 5.74) is 4.89. The van der Waals surface area contributed by atoms with Crippen LogP contribution in [0.5, 0.6) is 5.75 Å². The van der Waals surface area contributed by atoms with Crippen LogP contribution in [-0.2, 0) is 0 Å². The Kier molecular flexibility index (Phi) is 5.53. The molecule has 4 aromatic rings. The van der Waals surface area contributed by atoms with Crippen LogP contribution in [0.1, 0.15) is 42.1 Å². The average molecular weight is 400 g/mol. The molecule has 0 saturated heterocycles. The minimum atomic E-state index is -0.189. The van der Waals surface area contributed by atoms with Crippen molar-refractivity contribution in [2.24, 2.45) is 0 Å². The van der Waals surface area contributed by atoms with Crippen molar-refractivity contribution in [1.82, 2.24) is 4.98 Å². The first-order valence-electron chi connectivity index (χ1n) is 10.0. The van der Waals surface area contributed by atoms with Crippen LogP contribution in [0.3, 0.4) is 0 Å². The number of nitrogens with one attached hydrogen (secondary N) is 1. The Morgan fingerprint density at radius 2 is 1.90 bits per heavy atom. The fraction of sp³-hybridized carbons (Fsp3) is 0.200. The molecular weight excluding hydrogens is 376 g/mol. The molecule has 1 N–H and O–H groups in total. The monoisotopic (exact) mass is 400 g/mol. The predicted molar refractivity (Wildman–Crippen MR) is 119 cm³/mol. The number of fused-ring (bicyclic) bond motifs is 1. The lowest BCUT2D eigenvalue weighted by Crippen LogP contribution is -2.11. The molecule has 0 aliphatic rings. The van der Waals surface area contributed by atoms with E-state index in [4.69, 9.17) is 9.15 Å². The van der Waals surface area contributed by atoms with Crippen LogP contribution in [0, 0.1) is 0 Å². The Morgan fingerprint density at radius 3 is 2.63 bits per heavy atom. The fourth-order valence-corrected chi connectivity index (χ4v) is 3.29. The average Bonchev–Trinajstić information content (AvgIpc) is 3.22. The topological polar surface area (TPSA) is 64.4 Å². The Balaban J connectivity index is 1.57. The largest absolute Gasteiger partial charge is 0.497 e. The number of aromatic nitrogens is 1. The number of carbonyl (C=O) groups excluding carboxylic acids is 1. The van der Waals surface area contributed by atoms with Crippen LogP contribution in [0.4, 0.5) is 5.69 Å². The zero-order valence-electron chi connectivity index (χ0n) is 17.3. The number of amides is 1. The number of anilines is 1. The van der Waals surface area contributed by atoms with Crippen molar-refractivity contribution in [1.29, 1.82) is 0 Å². The molecule has 0 aliphatic heterocycles. The van der Waals surface area contributed by atoms with E-state index < -0.39 is 0 Å². The molecule has 0 radical (unpaired) electrons. The number of oxazole rings is 1. The molecule has 1 heterocycles. The van der Waals surface area contributed by atoms with Crippen molar-refractivity contribution in [3.63, 3.8) is 0 Å². The van der Waals surface area contributed by atoms with Gasteiger partial charge in [-0.25, -0.2) is 4.98 Å². The first-order valence-corrected chi connectivity index (χ1v) is 10.0. The second-order valence-electron chi connectivity index (χ2n) is 7.32. The lowest BCUT2D eigenvalue weighted by Gasteiger charge is -2.07. The molecule has 0 bridgehead atoms. The summed E-state index contributed by atoms with van der Waals surface area (Å²) in [4.78, 5) is 17.2. The molecule has 0 saturated carbocycles. The van der Waals surface area contributed by atoms with Gasteiger partial charge in [0, 0.05) is 16.8 Å². The summed E-state index contributed by atoms with van der Waals surface area (Å²) in [6, 6.07) is 20.6. The van der Waals surface area contributed by atoms with Crippen LogP contribution in [0.15, 0.2) is 71.1 Å². The summed E-state index contributed by atoms with van der Waals surface area (Å²) in [5.74, 6) is 1.53. The number of benzene rings is 3. The van der Waals surface area contributed by atoms with Gasteiger partial charge >= 0.3 is 0 Å². The standard InChI is InChI=1S/C25H24N2O3/c1-4-16(2)18-10-13-23-22(15-18)27-25(30-23)19-6-5-7-20(14-19)26-24(28)17-8-11-21(29-3)12-9-17/h5-16H,4H2,1-3H3,(H,26,28)/t16-/m1/s1. The van der Waals surface area contributed by atoms with E-state index in [0.29, 0.717) is 28.8 Å². The number of nitrogens with zero attached hydrogens (tertiary/aromatic N) is 1. The third kappa shape index (κ3) is 4.06. The van der Waals surface area contributed by atoms with Crippen molar-refractivity contribution >= 4 is 22.7 Å². The first-order chi connectivity index (χ1) is 14.6. The number of hydrogen-bond acceptors (Lipinski definition) is 4. The normalized spacial score (nSPS) is 12.0. The van der Waals surface area contributed by atoms with Crippen LogP contribution in [-0.4, -0.2) is 18.0 Å². The van der Waals surface area contributed by atoms with Gasteiger partial charge in [0.2, 0.25) is 5.89 Å². The zero-order valence-corrected chi connectivity index (χ0v) is 17.3. The molecule has 0 unspecified atom stereocenters. The van der Waals surface area contributed by atoms with Gasteiger partial charge in [-0.2, -0.15) is 0 Å². The maximum absolute atomic E-state index is 12.5. The van der Waals surface area contributed by atoms with Gasteiger partial charge in [-0.1, -0.05) is 26.0 Å². The zero-order chi connectivity index (χ0) is 21.1. The molecule has 30 heavy (non-hydrogen) atoms. The van der Waals surface area contributed by atoms with E-state index in [-0.39, 0.29) is 5.91 Å². The van der Waals surface area contributed by atoms with Crippen molar-refractivity contribution < 1.29 is 13.9 Å². The Bertz CT molecular complexity index is 1180. The van der Waals surface area contributed by atoms with Gasteiger partial charge in [-0.15, -0.1) is 0 Å². The van der Waals surface area contributed by atoms with E-state index in [1.54, 1.807) is 31.4 Å². The maximum Gasteiger partial charge on any atom is 0.255 e. The first kappa shape index (κ1) is 19.7. The quantitative estimate of drug-likeness (QED) is 0.414. The van der Waals surface area contributed by atoms with Gasteiger partial charge in [0.25, 0.3) is 5.91 Å². The molecule has 3 aromatic carbocycles. The molecule has 1 amide bonds. The maximum atomic E-state index is 12.5. The summed E-state index contributed by atoms with van der Waals surface area (Å²) in [7, 11) is 1.60. The Labute approximate surface area is 175 Å². The fourth-order valence-electron chi connectivity index (χ4n) is 3.29. The van der Waals surface area contributed by atoms with Gasteiger partial charge in [-0.3, -0.25) is 4.79 Å². The van der Waals surface area contributed by atoms with Gasteiger partial charge < -0.3 is 14.5 Å². The van der Waals surface area contributed by atoms with E-state index in [2.05, 4.69) is 36.3 Å². The van der Waals surface area contributed by atoms with E-state index in [0.717, 1.165) is 23.1 Å². The highest BCUT2D eigenvalue weighted by Crippen LogP contribution is 2.29. The number of hydrogen-bond donors (Lipinski definition) is 1. The second kappa shape index (κ2) is 8.41. The molecule has 5 nitrogen and oxygen atoms in total. The Hall–Kier alpha value is -3.60. The van der Waals surface area contributed by atoms with Crippen molar-refractivity contribution in [3.8, 4) is 17.2 Å². The summed E-state index contributed by atoms with van der Waals surface area (Å²) >= 11 is 0. The van der Waals surface area contributed by atoms with Crippen LogP contribution in [0.25, 0.3) is 22.6 Å². The second-order valence-corrected chi connectivity index (χ2v) is 7.32. The predicted octanol–water partition coefficient (Wildman–Crippen LogP) is 6.27. The molecule has 1 atom stereocenters. The lowest BCUT2D eigenvalue weighted by molar-refractivity contribution is 0.102. The third-order valence-corrected chi connectivity index (χ3v) is 5.31. The van der Waals surface area contributed by atoms with E-state index >= 15 is 0 Å². The highest BCUT2D eigenvalue weighted by atomic mass is 16.5. The van der Waals surface area contributed by atoms with E-state index in [1.807, 2.05) is 30.3 Å². The number of ether oxygens (including phenoxy) is 1. The number of rotatable bonds is 6. The van der Waals surface area contributed by atoms with Crippen LogP contribution < -0.4 is 10.1 Å². The van der Waals surface area contributed by atoms with Gasteiger partial charge in [0.05, 0.1) is 7.11 Å². The van der Waals surface area contributed by atoms with Crippen molar-refractivity contribution in [2.75, 3.05) is 12.4 Å². The summed E-state index contributed by atoms with van der Waals surface area (Å²) in [5, 5.41) is 2.92. The number of methoxy groups -OCH3 is 1. The summed E-state index contributed by atoms with van der Waals surface area (Å²) < 4.78 is 11.1. The van der Waals surface area contributed by atoms with Crippen LogP contribution >= 0.6 is 0 Å². The van der Waals surface area contributed by atoms with Crippen LogP contribution in [0.2, 0.25) is 0 Å². The van der Waals surface area contributed by atoms with Crippen molar-refractivity contribution in [3.05, 3.63) is 77.9 Å². The molecular formula is C25H24N2O3. The summed E-state index contributed by atoms with van der Waals surface area (Å²) in [6.45, 7) is 4.38. The van der Waals surface area contributed by atoms with Gasteiger partial charge in [0.1, 0.15) is 11.3 Å². The molecule has 1 aromatic heterocycles.